The molecule has 7 heteroatoms. The second kappa shape index (κ2) is 6.94. The number of rotatable bonds is 4. The summed E-state index contributed by atoms with van der Waals surface area (Å²) in [5.74, 6) is -0.743. The first-order valence-electron chi connectivity index (χ1n) is 6.67. The largest absolute Gasteiger partial charge is 0.480 e. The van der Waals surface area contributed by atoms with E-state index in [-0.39, 0.29) is 12.1 Å². The lowest BCUT2D eigenvalue weighted by Gasteiger charge is -2.33. The quantitative estimate of drug-likeness (QED) is 0.876. The van der Waals surface area contributed by atoms with Crippen molar-refractivity contribution >= 4 is 17.7 Å². The van der Waals surface area contributed by atoms with Crippen LogP contribution in [0.25, 0.3) is 0 Å². The van der Waals surface area contributed by atoms with Gasteiger partial charge in [-0.3, -0.25) is 0 Å². The average molecular weight is 294 g/mol. The van der Waals surface area contributed by atoms with E-state index in [2.05, 4.69) is 5.32 Å². The molecule has 21 heavy (non-hydrogen) atoms. The van der Waals surface area contributed by atoms with E-state index in [9.17, 15) is 9.59 Å². The number of hydrogen-bond acceptors (Lipinski definition) is 4. The Balaban J connectivity index is 2.04. The van der Waals surface area contributed by atoms with Crippen LogP contribution in [0.15, 0.2) is 24.3 Å². The lowest BCUT2D eigenvalue weighted by Crippen LogP contribution is -2.48. The molecule has 1 aliphatic heterocycles. The molecular formula is C14H18N2O5. The van der Waals surface area contributed by atoms with Crippen LogP contribution >= 0.6 is 0 Å². The number of anilines is 1. The highest BCUT2D eigenvalue weighted by Crippen LogP contribution is 2.24. The van der Waals surface area contributed by atoms with Gasteiger partial charge in [-0.25, -0.2) is 9.59 Å². The number of morpholine rings is 1. The van der Waals surface area contributed by atoms with Crippen molar-refractivity contribution in [2.75, 3.05) is 31.7 Å². The van der Waals surface area contributed by atoms with Crippen molar-refractivity contribution in [3.05, 3.63) is 24.3 Å². The van der Waals surface area contributed by atoms with E-state index in [1.54, 1.807) is 29.2 Å². The molecule has 1 fully saturated rings. The third-order valence-corrected chi connectivity index (χ3v) is 3.11. The topological polar surface area (TPSA) is 88.1 Å². The van der Waals surface area contributed by atoms with Crippen LogP contribution in [0.2, 0.25) is 0 Å². The normalized spacial score (nSPS) is 18.1. The minimum Gasteiger partial charge on any atom is -0.480 e. The van der Waals surface area contributed by atoms with Gasteiger partial charge in [0, 0.05) is 6.54 Å². The number of nitrogens with zero attached hydrogens (tertiary/aromatic N) is 1. The maximum Gasteiger partial charge on any atom is 0.341 e. The predicted octanol–water partition coefficient (Wildman–Crippen LogP) is 1.40. The zero-order valence-electron chi connectivity index (χ0n) is 11.7. The number of hydrogen-bond donors (Lipinski definition) is 2. The Morgan fingerprint density at radius 1 is 1.48 bits per heavy atom. The fourth-order valence-electron chi connectivity index (χ4n) is 2.05. The molecule has 2 amide bonds. The predicted molar refractivity (Wildman–Crippen MR) is 75.6 cm³/mol. The van der Waals surface area contributed by atoms with Crippen molar-refractivity contribution in [3.63, 3.8) is 0 Å². The van der Waals surface area contributed by atoms with Crippen LogP contribution in [-0.4, -0.2) is 54.4 Å². The summed E-state index contributed by atoms with van der Waals surface area (Å²) in [4.78, 5) is 24.5. The number of para-hydroxylation sites is 2. The molecule has 0 radical (unpaired) electrons. The summed E-state index contributed by atoms with van der Waals surface area (Å²) in [6.45, 7) is 2.98. The fraction of sp³-hybridized carbons (Fsp3) is 0.429. The number of amides is 2. The lowest BCUT2D eigenvalue weighted by molar-refractivity contribution is -0.139. The van der Waals surface area contributed by atoms with Crippen LogP contribution in [0.5, 0.6) is 5.75 Å². The van der Waals surface area contributed by atoms with Gasteiger partial charge in [-0.15, -0.1) is 0 Å². The number of aliphatic carboxylic acids is 1. The van der Waals surface area contributed by atoms with E-state index in [1.165, 1.54) is 0 Å². The van der Waals surface area contributed by atoms with E-state index < -0.39 is 12.6 Å². The van der Waals surface area contributed by atoms with Gasteiger partial charge in [0.05, 0.1) is 24.9 Å². The van der Waals surface area contributed by atoms with Crippen molar-refractivity contribution in [1.29, 1.82) is 0 Å². The maximum atomic E-state index is 12.3. The third-order valence-electron chi connectivity index (χ3n) is 3.11. The second-order valence-corrected chi connectivity index (χ2v) is 4.73. The molecule has 0 saturated carbocycles. The minimum atomic E-state index is -1.07. The molecule has 1 heterocycles. The molecule has 1 aromatic rings. The number of carbonyl (C=O) groups is 2. The molecule has 0 bridgehead atoms. The van der Waals surface area contributed by atoms with Gasteiger partial charge in [-0.2, -0.15) is 0 Å². The average Bonchev–Trinajstić information content (AvgIpc) is 2.46. The smallest absolute Gasteiger partial charge is 0.341 e. The molecule has 1 aliphatic rings. The van der Waals surface area contributed by atoms with Crippen LogP contribution in [0.1, 0.15) is 6.92 Å². The molecule has 0 spiro atoms. The van der Waals surface area contributed by atoms with E-state index in [4.69, 9.17) is 14.6 Å². The zero-order valence-corrected chi connectivity index (χ0v) is 11.7. The summed E-state index contributed by atoms with van der Waals surface area (Å²) in [7, 11) is 0. The van der Waals surface area contributed by atoms with Gasteiger partial charge >= 0.3 is 12.0 Å². The number of carboxylic acid groups (broad SMARTS) is 1. The van der Waals surface area contributed by atoms with Crippen LogP contribution in [0, 0.1) is 0 Å². The Bertz CT molecular complexity index is 520. The minimum absolute atomic E-state index is 0.00847. The van der Waals surface area contributed by atoms with Crippen molar-refractivity contribution in [2.24, 2.45) is 0 Å². The van der Waals surface area contributed by atoms with Crippen molar-refractivity contribution < 1.29 is 24.2 Å². The highest BCUT2D eigenvalue weighted by Gasteiger charge is 2.24. The summed E-state index contributed by atoms with van der Waals surface area (Å²) < 4.78 is 10.4. The number of carboxylic acids is 1. The molecular weight excluding hydrogens is 276 g/mol. The fourth-order valence-corrected chi connectivity index (χ4v) is 2.05. The summed E-state index contributed by atoms with van der Waals surface area (Å²) in [6, 6.07) is 6.47. The molecule has 1 unspecified atom stereocenters. The summed E-state index contributed by atoms with van der Waals surface area (Å²) >= 11 is 0. The highest BCUT2D eigenvalue weighted by molar-refractivity contribution is 5.91. The SMILES string of the molecule is CC1COCCN1C(=O)Nc1ccccc1OCC(=O)O. The second-order valence-electron chi connectivity index (χ2n) is 4.73. The Labute approximate surface area is 122 Å². The Morgan fingerprint density at radius 3 is 2.95 bits per heavy atom. The molecule has 2 rings (SSSR count). The highest BCUT2D eigenvalue weighted by atomic mass is 16.5. The van der Waals surface area contributed by atoms with E-state index >= 15 is 0 Å². The number of benzene rings is 1. The van der Waals surface area contributed by atoms with E-state index in [0.29, 0.717) is 31.2 Å². The van der Waals surface area contributed by atoms with E-state index in [1.807, 2.05) is 6.92 Å². The van der Waals surface area contributed by atoms with Crippen LogP contribution in [-0.2, 0) is 9.53 Å². The standard InChI is InChI=1S/C14H18N2O5/c1-10-8-20-7-6-16(10)14(19)15-11-4-2-3-5-12(11)21-9-13(17)18/h2-5,10H,6-9H2,1H3,(H,15,19)(H,17,18). The van der Waals surface area contributed by atoms with E-state index in [0.717, 1.165) is 0 Å². The van der Waals surface area contributed by atoms with Crippen LogP contribution in [0.4, 0.5) is 10.5 Å². The first-order chi connectivity index (χ1) is 10.1. The van der Waals surface area contributed by atoms with Gasteiger partial charge in [0.15, 0.2) is 6.61 Å². The molecule has 2 N–H and O–H groups in total. The van der Waals surface area contributed by atoms with Crippen LogP contribution in [0.3, 0.4) is 0 Å². The van der Waals surface area contributed by atoms with Gasteiger partial charge in [0.25, 0.3) is 0 Å². The Kier molecular flexibility index (Phi) is 4.99. The molecule has 7 nitrogen and oxygen atoms in total. The monoisotopic (exact) mass is 294 g/mol. The molecule has 0 aliphatic carbocycles. The summed E-state index contributed by atoms with van der Waals surface area (Å²) in [5, 5.41) is 11.4. The van der Waals surface area contributed by atoms with Gasteiger partial charge < -0.3 is 24.8 Å². The molecule has 1 saturated heterocycles. The first-order valence-corrected chi connectivity index (χ1v) is 6.67. The van der Waals surface area contributed by atoms with Gasteiger partial charge in [-0.05, 0) is 19.1 Å². The summed E-state index contributed by atoms with van der Waals surface area (Å²) in [5.41, 5.74) is 0.447. The van der Waals surface area contributed by atoms with Gasteiger partial charge in [0.2, 0.25) is 0 Å². The van der Waals surface area contributed by atoms with Crippen LogP contribution < -0.4 is 10.1 Å². The van der Waals surface area contributed by atoms with Crippen molar-refractivity contribution in [3.8, 4) is 5.75 Å². The molecule has 114 valence electrons. The Hall–Kier alpha value is -2.28. The van der Waals surface area contributed by atoms with Gasteiger partial charge in [-0.1, -0.05) is 12.1 Å². The lowest BCUT2D eigenvalue weighted by atomic mass is 10.2. The van der Waals surface area contributed by atoms with Crippen molar-refractivity contribution in [2.45, 2.75) is 13.0 Å². The number of ether oxygens (including phenoxy) is 2. The van der Waals surface area contributed by atoms with Gasteiger partial charge in [0.1, 0.15) is 5.75 Å². The molecule has 1 atom stereocenters. The number of urea groups is 1. The third kappa shape index (κ3) is 4.09. The maximum absolute atomic E-state index is 12.3. The Morgan fingerprint density at radius 2 is 2.24 bits per heavy atom. The zero-order chi connectivity index (χ0) is 15.2. The van der Waals surface area contributed by atoms with Crippen molar-refractivity contribution in [1.82, 2.24) is 4.90 Å². The number of nitrogens with one attached hydrogen (secondary N) is 1. The summed E-state index contributed by atoms with van der Waals surface area (Å²) in [6.07, 6.45) is 0. The first kappa shape index (κ1) is 15.1. The number of carbonyl (C=O) groups excluding carboxylic acids is 1. The molecule has 0 aromatic heterocycles. The molecule has 1 aromatic carbocycles.